The summed E-state index contributed by atoms with van der Waals surface area (Å²) in [7, 11) is -3.30. The summed E-state index contributed by atoms with van der Waals surface area (Å²) in [6.45, 7) is 2.06. The number of sulfonamides is 1. The molecular formula is C19H25NO4S2. The number of benzene rings is 1. The molecule has 0 spiro atoms. The monoisotopic (exact) mass is 395 g/mol. The summed E-state index contributed by atoms with van der Waals surface area (Å²) >= 11 is 1.68. The minimum atomic E-state index is -3.30. The Hall–Kier alpha value is -1.41. The van der Waals surface area contributed by atoms with Gasteiger partial charge in [0.15, 0.2) is 0 Å². The molecule has 1 aliphatic rings. The van der Waals surface area contributed by atoms with E-state index in [9.17, 15) is 8.42 Å². The number of nitrogens with zero attached hydrogens (tertiary/aromatic N) is 1. The average molecular weight is 396 g/mol. The van der Waals surface area contributed by atoms with E-state index in [1.807, 2.05) is 24.3 Å². The van der Waals surface area contributed by atoms with Crippen LogP contribution in [0.2, 0.25) is 0 Å². The summed E-state index contributed by atoms with van der Waals surface area (Å²) < 4.78 is 37.2. The molecule has 26 heavy (non-hydrogen) atoms. The van der Waals surface area contributed by atoms with E-state index >= 15 is 0 Å². The summed E-state index contributed by atoms with van der Waals surface area (Å²) in [5.41, 5.74) is 2.19. The van der Waals surface area contributed by atoms with Crippen LogP contribution in [0.4, 0.5) is 0 Å². The number of ether oxygens (including phenoxy) is 2. The average Bonchev–Trinajstić information content (AvgIpc) is 3.27. The van der Waals surface area contributed by atoms with Gasteiger partial charge in [-0.2, -0.15) is 15.6 Å². The van der Waals surface area contributed by atoms with Gasteiger partial charge in [0.05, 0.1) is 19.0 Å². The van der Waals surface area contributed by atoms with Gasteiger partial charge in [0, 0.05) is 26.1 Å². The second-order valence-corrected chi connectivity index (χ2v) is 9.33. The fourth-order valence-electron chi connectivity index (χ4n) is 2.99. The maximum Gasteiger partial charge on any atom is 0.211 e. The fourth-order valence-corrected chi connectivity index (χ4v) is 4.52. The van der Waals surface area contributed by atoms with Gasteiger partial charge in [0.2, 0.25) is 10.0 Å². The zero-order chi connectivity index (χ0) is 18.4. The van der Waals surface area contributed by atoms with Crippen molar-refractivity contribution in [1.82, 2.24) is 4.31 Å². The molecule has 2 heterocycles. The number of thiophene rings is 1. The minimum absolute atomic E-state index is 0.00484. The third kappa shape index (κ3) is 5.81. The van der Waals surface area contributed by atoms with Crippen LogP contribution in [0.15, 0.2) is 41.1 Å². The summed E-state index contributed by atoms with van der Waals surface area (Å²) in [5, 5.41) is 4.18. The molecule has 0 N–H and O–H groups in total. The molecule has 7 heteroatoms. The highest BCUT2D eigenvalue weighted by Crippen LogP contribution is 2.20. The van der Waals surface area contributed by atoms with Crippen molar-refractivity contribution in [3.63, 3.8) is 0 Å². The lowest BCUT2D eigenvalue weighted by Crippen LogP contribution is -2.36. The molecular weight excluding hydrogens is 370 g/mol. The summed E-state index contributed by atoms with van der Waals surface area (Å²) in [4.78, 5) is 0. The second kappa shape index (κ2) is 8.99. The highest BCUT2D eigenvalue weighted by molar-refractivity contribution is 7.88. The highest BCUT2D eigenvalue weighted by atomic mass is 32.2. The normalized spacial score (nSPS) is 17.7. The Labute approximate surface area is 159 Å². The topological polar surface area (TPSA) is 55.8 Å². The standard InChI is InChI=1S/C19H25NO4S2/c1-26(21,22)20(14-19-6-3-9-23-19)13-17-4-2-5-18(12-17)24-10-7-16-8-11-25-15-16/h2,4-5,8,11-12,15,19H,3,6-7,9-10,13-14H2,1H3. The molecule has 0 amide bonds. The molecule has 0 aliphatic carbocycles. The third-order valence-electron chi connectivity index (χ3n) is 4.40. The van der Waals surface area contributed by atoms with Gasteiger partial charge >= 0.3 is 0 Å². The maximum atomic E-state index is 12.2. The van der Waals surface area contributed by atoms with Crippen LogP contribution in [0.5, 0.6) is 5.75 Å². The Balaban J connectivity index is 1.59. The van der Waals surface area contributed by atoms with E-state index in [1.54, 1.807) is 11.3 Å². The first-order valence-corrected chi connectivity index (χ1v) is 11.6. The van der Waals surface area contributed by atoms with Gasteiger partial charge in [-0.3, -0.25) is 0 Å². The largest absolute Gasteiger partial charge is 0.493 e. The van der Waals surface area contributed by atoms with E-state index in [2.05, 4.69) is 16.8 Å². The Morgan fingerprint density at radius 3 is 2.88 bits per heavy atom. The van der Waals surface area contributed by atoms with Gasteiger partial charge in [-0.05, 0) is 52.9 Å². The molecule has 5 nitrogen and oxygen atoms in total. The molecule has 1 aromatic carbocycles. The Morgan fingerprint density at radius 2 is 2.19 bits per heavy atom. The maximum absolute atomic E-state index is 12.2. The molecule has 0 bridgehead atoms. The van der Waals surface area contributed by atoms with E-state index in [0.717, 1.165) is 37.2 Å². The van der Waals surface area contributed by atoms with Gasteiger partial charge in [-0.1, -0.05) is 12.1 Å². The Kier molecular flexibility index (Phi) is 6.69. The summed E-state index contributed by atoms with van der Waals surface area (Å²) in [6.07, 6.45) is 4.02. The van der Waals surface area contributed by atoms with Crippen LogP contribution in [0.1, 0.15) is 24.0 Å². The van der Waals surface area contributed by atoms with E-state index in [-0.39, 0.29) is 6.10 Å². The molecule has 1 fully saturated rings. The van der Waals surface area contributed by atoms with Gasteiger partial charge in [0.25, 0.3) is 0 Å². The van der Waals surface area contributed by atoms with Crippen molar-refractivity contribution >= 4 is 21.4 Å². The van der Waals surface area contributed by atoms with E-state index in [1.165, 1.54) is 16.1 Å². The van der Waals surface area contributed by atoms with Crippen LogP contribution >= 0.6 is 11.3 Å². The molecule has 3 rings (SSSR count). The SMILES string of the molecule is CS(=O)(=O)N(Cc1cccc(OCCc2ccsc2)c1)CC1CCCO1. The first-order chi connectivity index (χ1) is 12.5. The quantitative estimate of drug-likeness (QED) is 0.654. The second-order valence-electron chi connectivity index (χ2n) is 6.57. The molecule has 1 saturated heterocycles. The van der Waals surface area contributed by atoms with Crippen molar-refractivity contribution in [3.8, 4) is 5.75 Å². The lowest BCUT2D eigenvalue weighted by atomic mass is 10.2. The predicted octanol–water partition coefficient (Wildman–Crippen LogP) is 3.31. The molecule has 1 aliphatic heterocycles. The van der Waals surface area contributed by atoms with Gasteiger partial charge in [0.1, 0.15) is 5.75 Å². The van der Waals surface area contributed by atoms with Crippen LogP contribution in [0, 0.1) is 0 Å². The molecule has 1 aromatic heterocycles. The first-order valence-electron chi connectivity index (χ1n) is 8.80. The summed E-state index contributed by atoms with van der Waals surface area (Å²) in [6, 6.07) is 9.75. The van der Waals surface area contributed by atoms with E-state index < -0.39 is 10.0 Å². The van der Waals surface area contributed by atoms with E-state index in [0.29, 0.717) is 19.7 Å². The minimum Gasteiger partial charge on any atom is -0.493 e. The molecule has 0 radical (unpaired) electrons. The van der Waals surface area contributed by atoms with Crippen molar-refractivity contribution in [1.29, 1.82) is 0 Å². The van der Waals surface area contributed by atoms with Crippen LogP contribution in [0.25, 0.3) is 0 Å². The third-order valence-corrected chi connectivity index (χ3v) is 6.35. The predicted molar refractivity (Wildman–Crippen MR) is 104 cm³/mol. The van der Waals surface area contributed by atoms with Crippen molar-refractivity contribution in [2.75, 3.05) is 26.0 Å². The smallest absolute Gasteiger partial charge is 0.211 e. The molecule has 0 saturated carbocycles. The lowest BCUT2D eigenvalue weighted by molar-refractivity contribution is 0.0927. The molecule has 142 valence electrons. The van der Waals surface area contributed by atoms with Crippen molar-refractivity contribution in [3.05, 3.63) is 52.2 Å². The number of hydrogen-bond acceptors (Lipinski definition) is 5. The fraction of sp³-hybridized carbons (Fsp3) is 0.474. The molecule has 1 atom stereocenters. The van der Waals surface area contributed by atoms with Gasteiger partial charge in [-0.25, -0.2) is 8.42 Å². The number of hydrogen-bond donors (Lipinski definition) is 0. The Morgan fingerprint density at radius 1 is 1.31 bits per heavy atom. The van der Waals surface area contributed by atoms with Crippen molar-refractivity contribution < 1.29 is 17.9 Å². The summed E-state index contributed by atoms with van der Waals surface area (Å²) in [5.74, 6) is 0.767. The van der Waals surface area contributed by atoms with Crippen LogP contribution in [-0.2, 0) is 27.7 Å². The van der Waals surface area contributed by atoms with Gasteiger partial charge in [-0.15, -0.1) is 0 Å². The lowest BCUT2D eigenvalue weighted by Gasteiger charge is -2.23. The van der Waals surface area contributed by atoms with E-state index in [4.69, 9.17) is 9.47 Å². The first kappa shape index (κ1) is 19.4. The Bertz CT molecular complexity index is 784. The van der Waals surface area contributed by atoms with Crippen LogP contribution < -0.4 is 4.74 Å². The van der Waals surface area contributed by atoms with Gasteiger partial charge < -0.3 is 9.47 Å². The highest BCUT2D eigenvalue weighted by Gasteiger charge is 2.24. The van der Waals surface area contributed by atoms with Crippen molar-refractivity contribution in [2.45, 2.75) is 31.9 Å². The van der Waals surface area contributed by atoms with Crippen LogP contribution in [-0.4, -0.2) is 44.8 Å². The molecule has 1 unspecified atom stereocenters. The number of rotatable bonds is 9. The zero-order valence-corrected chi connectivity index (χ0v) is 16.6. The zero-order valence-electron chi connectivity index (χ0n) is 15.0. The van der Waals surface area contributed by atoms with Crippen molar-refractivity contribution in [2.24, 2.45) is 0 Å². The van der Waals surface area contributed by atoms with Crippen LogP contribution in [0.3, 0.4) is 0 Å². The molecule has 2 aromatic rings.